The molecule has 0 saturated heterocycles. The van der Waals surface area contributed by atoms with Gasteiger partial charge in [-0.25, -0.2) is 4.98 Å². The van der Waals surface area contributed by atoms with Gasteiger partial charge >= 0.3 is 10.2 Å². The standard InChI is InChI=1S/C15H19ClN4O2S/c1-20(2)23(21,22)19-14-7-8-15(18-11-14)17-10-9-12-3-5-13(16)6-4-12/h3-8,11,19H,9-10H2,1-2H3,(H,17,18). The SMILES string of the molecule is CN(C)S(=O)(=O)Nc1ccc(NCCc2ccc(Cl)cc2)nc1. The third-order valence-electron chi connectivity index (χ3n) is 3.12. The van der Waals surface area contributed by atoms with Crippen LogP contribution in [0.4, 0.5) is 11.5 Å². The number of hydrogen-bond donors (Lipinski definition) is 2. The lowest BCUT2D eigenvalue weighted by atomic mass is 10.1. The van der Waals surface area contributed by atoms with E-state index in [1.165, 1.54) is 25.9 Å². The number of nitrogens with one attached hydrogen (secondary N) is 2. The van der Waals surface area contributed by atoms with Crippen LogP contribution >= 0.6 is 11.6 Å². The third kappa shape index (κ3) is 5.38. The summed E-state index contributed by atoms with van der Waals surface area (Å²) < 4.78 is 26.9. The number of hydrogen-bond acceptors (Lipinski definition) is 4. The zero-order valence-corrected chi connectivity index (χ0v) is 14.5. The van der Waals surface area contributed by atoms with Gasteiger partial charge in [0.25, 0.3) is 0 Å². The van der Waals surface area contributed by atoms with Crippen molar-refractivity contribution in [3.63, 3.8) is 0 Å². The van der Waals surface area contributed by atoms with Crippen LogP contribution in [0.25, 0.3) is 0 Å². The average molecular weight is 355 g/mol. The molecule has 1 heterocycles. The highest BCUT2D eigenvalue weighted by atomic mass is 35.5. The summed E-state index contributed by atoms with van der Waals surface area (Å²) in [7, 11) is -0.587. The van der Waals surface area contributed by atoms with Crippen molar-refractivity contribution in [1.29, 1.82) is 0 Å². The minimum atomic E-state index is -3.51. The molecule has 23 heavy (non-hydrogen) atoms. The van der Waals surface area contributed by atoms with Gasteiger partial charge in [-0.3, -0.25) is 4.72 Å². The number of rotatable bonds is 7. The topological polar surface area (TPSA) is 74.3 Å². The van der Waals surface area contributed by atoms with Gasteiger partial charge in [0.2, 0.25) is 0 Å². The average Bonchev–Trinajstić information content (AvgIpc) is 2.50. The second kappa shape index (κ2) is 7.63. The predicted molar refractivity (Wildman–Crippen MR) is 94.1 cm³/mol. The Labute approximate surface area is 141 Å². The Morgan fingerprint density at radius 3 is 2.39 bits per heavy atom. The molecule has 0 amide bonds. The Kier molecular flexibility index (Phi) is 5.81. The third-order valence-corrected chi connectivity index (χ3v) is 4.83. The van der Waals surface area contributed by atoms with Crippen LogP contribution in [0.3, 0.4) is 0 Å². The second-order valence-corrected chi connectivity index (χ2v) is 7.45. The van der Waals surface area contributed by atoms with Crippen LogP contribution in [0.2, 0.25) is 5.02 Å². The number of nitrogens with zero attached hydrogens (tertiary/aromatic N) is 2. The molecule has 2 N–H and O–H groups in total. The van der Waals surface area contributed by atoms with Gasteiger partial charge in [0, 0.05) is 25.7 Å². The maximum Gasteiger partial charge on any atom is 0.301 e. The summed E-state index contributed by atoms with van der Waals surface area (Å²) in [6.07, 6.45) is 2.32. The first-order chi connectivity index (χ1) is 10.9. The Bertz CT molecular complexity index is 731. The summed E-state index contributed by atoms with van der Waals surface area (Å²) in [5.41, 5.74) is 1.60. The quantitative estimate of drug-likeness (QED) is 0.801. The minimum absolute atomic E-state index is 0.418. The lowest BCUT2D eigenvalue weighted by molar-refractivity contribution is 0.527. The number of benzene rings is 1. The minimum Gasteiger partial charge on any atom is -0.370 e. The first kappa shape index (κ1) is 17.5. The molecule has 2 rings (SSSR count). The van der Waals surface area contributed by atoms with Crippen LogP contribution in [0, 0.1) is 0 Å². The molecule has 6 nitrogen and oxygen atoms in total. The first-order valence-electron chi connectivity index (χ1n) is 7.01. The van der Waals surface area contributed by atoms with E-state index in [2.05, 4.69) is 15.0 Å². The number of halogens is 1. The normalized spacial score (nSPS) is 11.5. The second-order valence-electron chi connectivity index (χ2n) is 5.12. The lowest BCUT2D eigenvalue weighted by Crippen LogP contribution is -2.28. The molecule has 2 aromatic rings. The molecule has 8 heteroatoms. The van der Waals surface area contributed by atoms with E-state index in [4.69, 9.17) is 11.6 Å². The van der Waals surface area contributed by atoms with Crippen molar-refractivity contribution in [2.24, 2.45) is 0 Å². The van der Waals surface area contributed by atoms with Crippen molar-refractivity contribution in [1.82, 2.24) is 9.29 Å². The Balaban J connectivity index is 1.86. The van der Waals surface area contributed by atoms with Crippen molar-refractivity contribution in [3.05, 3.63) is 53.2 Å². The van der Waals surface area contributed by atoms with Gasteiger partial charge in [-0.1, -0.05) is 23.7 Å². The van der Waals surface area contributed by atoms with E-state index in [0.717, 1.165) is 22.3 Å². The number of aromatic nitrogens is 1. The monoisotopic (exact) mass is 354 g/mol. The molecule has 0 saturated carbocycles. The Morgan fingerprint density at radius 2 is 1.83 bits per heavy atom. The van der Waals surface area contributed by atoms with Gasteiger partial charge in [0.15, 0.2) is 0 Å². The molecule has 0 radical (unpaired) electrons. The van der Waals surface area contributed by atoms with Gasteiger partial charge in [0.1, 0.15) is 5.82 Å². The van der Waals surface area contributed by atoms with E-state index in [9.17, 15) is 8.42 Å². The summed E-state index contributed by atoms with van der Waals surface area (Å²) in [4.78, 5) is 4.19. The van der Waals surface area contributed by atoms with E-state index in [1.54, 1.807) is 12.1 Å². The maximum absolute atomic E-state index is 11.7. The molecule has 0 aliphatic heterocycles. The molecule has 0 bridgehead atoms. The zero-order chi connectivity index (χ0) is 16.9. The zero-order valence-electron chi connectivity index (χ0n) is 13.0. The van der Waals surface area contributed by atoms with Gasteiger partial charge in [-0.2, -0.15) is 12.7 Å². The fraction of sp³-hybridized carbons (Fsp3) is 0.267. The summed E-state index contributed by atoms with van der Waals surface area (Å²) >= 11 is 5.84. The van der Waals surface area contributed by atoms with Crippen molar-refractivity contribution in [3.8, 4) is 0 Å². The molecule has 0 unspecified atom stereocenters. The van der Waals surface area contributed by atoms with Crippen LogP contribution in [0.5, 0.6) is 0 Å². The van der Waals surface area contributed by atoms with Crippen LogP contribution in [0.15, 0.2) is 42.6 Å². The Morgan fingerprint density at radius 1 is 1.13 bits per heavy atom. The largest absolute Gasteiger partial charge is 0.370 e. The summed E-state index contributed by atoms with van der Waals surface area (Å²) in [5, 5.41) is 3.91. The summed E-state index contributed by atoms with van der Waals surface area (Å²) in [6.45, 7) is 0.720. The molecule has 0 spiro atoms. The summed E-state index contributed by atoms with van der Waals surface area (Å²) in [5.74, 6) is 0.687. The summed E-state index contributed by atoms with van der Waals surface area (Å²) in [6, 6.07) is 11.1. The molecule has 1 aromatic heterocycles. The fourth-order valence-corrected chi connectivity index (χ4v) is 2.51. The van der Waals surface area contributed by atoms with Gasteiger partial charge < -0.3 is 5.32 Å². The predicted octanol–water partition coefficient (Wildman–Crippen LogP) is 2.61. The lowest BCUT2D eigenvalue weighted by Gasteiger charge is -2.13. The highest BCUT2D eigenvalue weighted by Crippen LogP contribution is 2.13. The van der Waals surface area contributed by atoms with E-state index < -0.39 is 10.2 Å². The van der Waals surface area contributed by atoms with Crippen LogP contribution < -0.4 is 10.0 Å². The number of pyridine rings is 1. The fourth-order valence-electron chi connectivity index (χ4n) is 1.79. The van der Waals surface area contributed by atoms with E-state index in [0.29, 0.717) is 11.5 Å². The Hall–Kier alpha value is -1.83. The van der Waals surface area contributed by atoms with Crippen molar-refractivity contribution in [2.45, 2.75) is 6.42 Å². The van der Waals surface area contributed by atoms with Crippen LogP contribution in [-0.4, -0.2) is 38.3 Å². The van der Waals surface area contributed by atoms with Gasteiger partial charge in [-0.05, 0) is 36.2 Å². The van der Waals surface area contributed by atoms with Gasteiger partial charge in [-0.15, -0.1) is 0 Å². The highest BCUT2D eigenvalue weighted by molar-refractivity contribution is 7.90. The number of anilines is 2. The van der Waals surface area contributed by atoms with Crippen LogP contribution in [0.1, 0.15) is 5.56 Å². The molecule has 1 aromatic carbocycles. The highest BCUT2D eigenvalue weighted by Gasteiger charge is 2.12. The smallest absolute Gasteiger partial charge is 0.301 e. The molecule has 124 valence electrons. The van der Waals surface area contributed by atoms with E-state index in [-0.39, 0.29) is 0 Å². The van der Waals surface area contributed by atoms with Crippen molar-refractivity contribution < 1.29 is 8.42 Å². The molecule has 0 atom stereocenters. The first-order valence-corrected chi connectivity index (χ1v) is 8.83. The van der Waals surface area contributed by atoms with E-state index in [1.807, 2.05) is 24.3 Å². The molecular weight excluding hydrogens is 336 g/mol. The van der Waals surface area contributed by atoms with Crippen molar-refractivity contribution in [2.75, 3.05) is 30.7 Å². The molecular formula is C15H19ClN4O2S. The molecule has 0 fully saturated rings. The van der Waals surface area contributed by atoms with E-state index >= 15 is 0 Å². The molecule has 0 aliphatic rings. The van der Waals surface area contributed by atoms with Crippen molar-refractivity contribution >= 4 is 33.3 Å². The maximum atomic E-state index is 11.7. The van der Waals surface area contributed by atoms with Crippen LogP contribution in [-0.2, 0) is 16.6 Å². The molecule has 0 aliphatic carbocycles. The van der Waals surface area contributed by atoms with Gasteiger partial charge in [0.05, 0.1) is 11.9 Å².